The Morgan fingerprint density at radius 1 is 1.04 bits per heavy atom. The smallest absolute Gasteiger partial charge is 0.341 e. The van der Waals surface area contributed by atoms with E-state index in [-0.39, 0.29) is 27.1 Å². The van der Waals surface area contributed by atoms with Crippen LogP contribution in [0, 0.1) is 0 Å². The number of aliphatic carboxylic acids is 1. The number of hydrogen-bond donors (Lipinski definition) is 1. The van der Waals surface area contributed by atoms with E-state index in [4.69, 9.17) is 37.8 Å². The van der Waals surface area contributed by atoms with Crippen molar-refractivity contribution in [2.24, 2.45) is 0 Å². The van der Waals surface area contributed by atoms with E-state index >= 15 is 0 Å². The first kappa shape index (κ1) is 17.1. The number of rotatable bonds is 6. The number of benzene rings is 2. The largest absolute Gasteiger partial charge is 0.497 e. The van der Waals surface area contributed by atoms with Crippen LogP contribution in [0.3, 0.4) is 0 Å². The summed E-state index contributed by atoms with van der Waals surface area (Å²) in [6, 6.07) is 9.40. The zero-order valence-corrected chi connectivity index (χ0v) is 13.5. The van der Waals surface area contributed by atoms with Crippen LogP contribution in [0.1, 0.15) is 15.9 Å². The zero-order valence-electron chi connectivity index (χ0n) is 12.0. The number of ketones is 1. The van der Waals surface area contributed by atoms with E-state index in [2.05, 4.69) is 0 Å². The van der Waals surface area contributed by atoms with Crippen LogP contribution in [0.15, 0.2) is 36.4 Å². The van der Waals surface area contributed by atoms with Gasteiger partial charge in [-0.3, -0.25) is 4.79 Å². The van der Waals surface area contributed by atoms with E-state index in [0.29, 0.717) is 11.3 Å². The van der Waals surface area contributed by atoms with Crippen LogP contribution in [0.5, 0.6) is 11.5 Å². The van der Waals surface area contributed by atoms with E-state index in [1.807, 2.05) is 0 Å². The molecule has 0 bridgehead atoms. The van der Waals surface area contributed by atoms with E-state index in [1.165, 1.54) is 19.2 Å². The fourth-order valence-corrected chi connectivity index (χ4v) is 2.32. The fourth-order valence-electron chi connectivity index (χ4n) is 1.86. The van der Waals surface area contributed by atoms with Crippen molar-refractivity contribution in [2.75, 3.05) is 13.7 Å². The van der Waals surface area contributed by atoms with Crippen LogP contribution in [0.4, 0.5) is 0 Å². The monoisotopic (exact) mass is 354 g/mol. The minimum Gasteiger partial charge on any atom is -0.497 e. The summed E-state index contributed by atoms with van der Waals surface area (Å²) >= 11 is 12.2. The van der Waals surface area contributed by atoms with Gasteiger partial charge in [-0.15, -0.1) is 0 Å². The summed E-state index contributed by atoms with van der Waals surface area (Å²) < 4.78 is 10.0. The molecular formula is C16H12Cl2O5. The van der Waals surface area contributed by atoms with Gasteiger partial charge in [0.05, 0.1) is 12.1 Å². The lowest BCUT2D eigenvalue weighted by Crippen LogP contribution is -2.10. The molecule has 0 fully saturated rings. The number of halogens is 2. The SMILES string of the molecule is COc1ccc(C(=O)c2ccc(OCC(=O)O)c(Cl)c2Cl)cc1. The maximum absolute atomic E-state index is 12.5. The predicted molar refractivity (Wildman–Crippen MR) is 86.0 cm³/mol. The molecule has 0 aliphatic rings. The topological polar surface area (TPSA) is 72.8 Å². The van der Waals surface area contributed by atoms with Gasteiger partial charge in [0.2, 0.25) is 0 Å². The van der Waals surface area contributed by atoms with Crippen LogP contribution < -0.4 is 9.47 Å². The first-order valence-corrected chi connectivity index (χ1v) is 7.21. The molecule has 2 aromatic carbocycles. The van der Waals surface area contributed by atoms with Gasteiger partial charge < -0.3 is 14.6 Å². The van der Waals surface area contributed by atoms with Gasteiger partial charge in [0.15, 0.2) is 12.4 Å². The van der Waals surface area contributed by atoms with Crippen molar-refractivity contribution >= 4 is 35.0 Å². The van der Waals surface area contributed by atoms with Crippen molar-refractivity contribution < 1.29 is 24.2 Å². The Morgan fingerprint density at radius 2 is 1.70 bits per heavy atom. The number of methoxy groups -OCH3 is 1. The summed E-state index contributed by atoms with van der Waals surface area (Å²) in [4.78, 5) is 23.0. The highest BCUT2D eigenvalue weighted by atomic mass is 35.5. The van der Waals surface area contributed by atoms with Gasteiger partial charge >= 0.3 is 5.97 Å². The first-order chi connectivity index (χ1) is 10.9. The summed E-state index contributed by atoms with van der Waals surface area (Å²) in [6.45, 7) is -0.554. The Bertz CT molecular complexity index is 741. The van der Waals surface area contributed by atoms with Gasteiger partial charge in [0.1, 0.15) is 16.5 Å². The molecule has 0 amide bonds. The van der Waals surface area contributed by atoms with Crippen molar-refractivity contribution in [1.82, 2.24) is 0 Å². The Labute approximate surface area is 142 Å². The molecule has 0 spiro atoms. The predicted octanol–water partition coefficient (Wildman–Crippen LogP) is 3.70. The third-order valence-corrected chi connectivity index (χ3v) is 3.86. The molecule has 0 unspecified atom stereocenters. The van der Waals surface area contributed by atoms with Crippen molar-refractivity contribution in [2.45, 2.75) is 0 Å². The van der Waals surface area contributed by atoms with Crippen molar-refractivity contribution in [3.8, 4) is 11.5 Å². The lowest BCUT2D eigenvalue weighted by atomic mass is 10.0. The third kappa shape index (κ3) is 3.94. The summed E-state index contributed by atoms with van der Waals surface area (Å²) in [6.07, 6.45) is 0. The molecule has 0 saturated carbocycles. The van der Waals surface area contributed by atoms with E-state index in [1.54, 1.807) is 24.3 Å². The second-order valence-electron chi connectivity index (χ2n) is 4.48. The first-order valence-electron chi connectivity index (χ1n) is 6.45. The van der Waals surface area contributed by atoms with Gasteiger partial charge in [0, 0.05) is 11.1 Å². The quantitative estimate of drug-likeness (QED) is 0.800. The van der Waals surface area contributed by atoms with E-state index in [0.717, 1.165) is 0 Å². The molecule has 23 heavy (non-hydrogen) atoms. The van der Waals surface area contributed by atoms with Crippen molar-refractivity contribution in [1.29, 1.82) is 0 Å². The number of carboxylic acid groups (broad SMARTS) is 1. The van der Waals surface area contributed by atoms with Gasteiger partial charge in [-0.1, -0.05) is 23.2 Å². The molecule has 120 valence electrons. The Balaban J connectivity index is 2.30. The highest BCUT2D eigenvalue weighted by Crippen LogP contribution is 2.35. The summed E-state index contributed by atoms with van der Waals surface area (Å²) in [5.74, 6) is -0.728. The molecule has 1 N–H and O–H groups in total. The molecule has 5 nitrogen and oxygen atoms in total. The molecule has 0 aliphatic carbocycles. The summed E-state index contributed by atoms with van der Waals surface area (Å²) in [5, 5.41) is 8.61. The molecule has 0 radical (unpaired) electrons. The molecule has 2 aromatic rings. The van der Waals surface area contributed by atoms with Gasteiger partial charge in [0.25, 0.3) is 0 Å². The number of carboxylic acids is 1. The standard InChI is InChI=1S/C16H12Cl2O5/c1-22-10-4-2-9(3-5-10)16(21)11-6-7-12(15(18)14(11)17)23-8-13(19)20/h2-7H,8H2,1H3,(H,19,20). The van der Waals surface area contributed by atoms with Crippen molar-refractivity contribution in [3.63, 3.8) is 0 Å². The highest BCUT2D eigenvalue weighted by molar-refractivity contribution is 6.45. The minimum atomic E-state index is -1.14. The van der Waals surface area contributed by atoms with Gasteiger partial charge in [-0.25, -0.2) is 4.79 Å². The summed E-state index contributed by atoms with van der Waals surface area (Å²) in [7, 11) is 1.53. The Kier molecular flexibility index (Phi) is 5.47. The Morgan fingerprint density at radius 3 is 2.26 bits per heavy atom. The van der Waals surface area contributed by atoms with Crippen LogP contribution in [-0.4, -0.2) is 30.6 Å². The van der Waals surface area contributed by atoms with Crippen LogP contribution in [0.2, 0.25) is 10.0 Å². The minimum absolute atomic E-state index is 0.00715. The summed E-state index contributed by atoms with van der Waals surface area (Å²) in [5.41, 5.74) is 0.618. The zero-order chi connectivity index (χ0) is 17.0. The number of hydrogen-bond acceptors (Lipinski definition) is 4. The van der Waals surface area contributed by atoms with Gasteiger partial charge in [-0.2, -0.15) is 0 Å². The second kappa shape index (κ2) is 7.35. The van der Waals surface area contributed by atoms with E-state index in [9.17, 15) is 9.59 Å². The number of carbonyl (C=O) groups excluding carboxylic acids is 1. The van der Waals surface area contributed by atoms with Crippen LogP contribution >= 0.6 is 23.2 Å². The van der Waals surface area contributed by atoms with Crippen molar-refractivity contribution in [3.05, 3.63) is 57.6 Å². The molecular weight excluding hydrogens is 343 g/mol. The molecule has 7 heteroatoms. The normalized spacial score (nSPS) is 10.2. The Hall–Kier alpha value is -2.24. The molecule has 0 heterocycles. The van der Waals surface area contributed by atoms with E-state index < -0.39 is 12.6 Å². The molecule has 2 rings (SSSR count). The average Bonchev–Trinajstić information content (AvgIpc) is 2.55. The second-order valence-corrected chi connectivity index (χ2v) is 5.24. The van der Waals surface area contributed by atoms with Crippen LogP contribution in [-0.2, 0) is 4.79 Å². The molecule has 0 aromatic heterocycles. The van der Waals surface area contributed by atoms with Gasteiger partial charge in [-0.05, 0) is 36.4 Å². The highest BCUT2D eigenvalue weighted by Gasteiger charge is 2.18. The lowest BCUT2D eigenvalue weighted by molar-refractivity contribution is -0.139. The number of carbonyl (C=O) groups is 2. The maximum Gasteiger partial charge on any atom is 0.341 e. The molecule has 0 atom stereocenters. The average molecular weight is 355 g/mol. The molecule has 0 saturated heterocycles. The number of ether oxygens (including phenoxy) is 2. The maximum atomic E-state index is 12.5. The lowest BCUT2D eigenvalue weighted by Gasteiger charge is -2.10. The third-order valence-electron chi connectivity index (χ3n) is 2.99. The fraction of sp³-hybridized carbons (Fsp3) is 0.125. The molecule has 0 aliphatic heterocycles. The van der Waals surface area contributed by atoms with Crippen LogP contribution in [0.25, 0.3) is 0 Å².